The summed E-state index contributed by atoms with van der Waals surface area (Å²) in [5, 5.41) is 2.89. The van der Waals surface area contributed by atoms with Crippen LogP contribution in [-0.4, -0.2) is 8.07 Å². The van der Waals surface area contributed by atoms with E-state index < -0.39 is 8.07 Å². The molecule has 0 heterocycles. The monoisotopic (exact) mass is 426 g/mol. The quantitative estimate of drug-likeness (QED) is 0.412. The molecule has 0 amide bonds. The fourth-order valence-electron chi connectivity index (χ4n) is 2.83. The second-order valence-electron chi connectivity index (χ2n) is 5.76. The van der Waals surface area contributed by atoms with Crippen molar-refractivity contribution in [2.24, 2.45) is 0 Å². The molecule has 2 heteroatoms. The zero-order valence-corrected chi connectivity index (χ0v) is 16.3. The molecule has 0 aliphatic carbocycles. The maximum absolute atomic E-state index is 2.55. The maximum atomic E-state index is 2.55. The number of hydrogen-bond acceptors (Lipinski definition) is 0. The van der Waals surface area contributed by atoms with Crippen molar-refractivity contribution in [2.45, 2.75) is 6.55 Å². The highest BCUT2D eigenvalue weighted by Crippen LogP contribution is 2.25. The lowest BCUT2D eigenvalue weighted by molar-refractivity contribution is 1.65. The summed E-state index contributed by atoms with van der Waals surface area (Å²) >= 11 is 2.55. The van der Waals surface area contributed by atoms with Crippen molar-refractivity contribution in [1.29, 1.82) is 0 Å². The Morgan fingerprint density at radius 3 is 1.52 bits per heavy atom. The first-order valence-corrected chi connectivity index (χ1v) is 11.3. The molecular weight excluding hydrogens is 407 g/mol. The van der Waals surface area contributed by atoms with Crippen LogP contribution in [0.15, 0.2) is 94.2 Å². The third-order valence-corrected chi connectivity index (χ3v) is 11.9. The van der Waals surface area contributed by atoms with Crippen LogP contribution in [0.3, 0.4) is 0 Å². The molecule has 0 aromatic heterocycles. The van der Waals surface area contributed by atoms with Crippen LogP contribution in [0.4, 0.5) is 0 Å². The number of hydrogen-bond donors (Lipinski definition) is 0. The van der Waals surface area contributed by atoms with E-state index in [-0.39, 0.29) is 0 Å². The second-order valence-corrected chi connectivity index (χ2v) is 11.9. The Labute approximate surface area is 153 Å². The summed E-state index contributed by atoms with van der Waals surface area (Å²) in [6.45, 7) is 2.44. The Morgan fingerprint density at radius 2 is 1.09 bits per heavy atom. The van der Waals surface area contributed by atoms with Crippen molar-refractivity contribution < 1.29 is 0 Å². The van der Waals surface area contributed by atoms with Crippen molar-refractivity contribution in [3.63, 3.8) is 0 Å². The van der Waals surface area contributed by atoms with Crippen molar-refractivity contribution in [2.75, 3.05) is 0 Å². The van der Waals surface area contributed by atoms with E-state index in [1.807, 2.05) is 0 Å². The van der Waals surface area contributed by atoms with Crippen LogP contribution >= 0.6 is 22.6 Å². The van der Waals surface area contributed by atoms with Crippen molar-refractivity contribution in [3.8, 4) is 0 Å². The average molecular weight is 426 g/mol. The minimum Gasteiger partial charge on any atom is -0.0624 e. The largest absolute Gasteiger partial charge is 0.152 e. The van der Waals surface area contributed by atoms with E-state index in [0.717, 1.165) is 0 Å². The van der Waals surface area contributed by atoms with Gasteiger partial charge in [-0.25, -0.2) is 0 Å². The van der Waals surface area contributed by atoms with Gasteiger partial charge in [-0.2, -0.15) is 0 Å². The van der Waals surface area contributed by atoms with Gasteiger partial charge in [0.25, 0.3) is 0 Å². The first-order valence-electron chi connectivity index (χ1n) is 7.75. The van der Waals surface area contributed by atoms with Crippen LogP contribution in [0.25, 0.3) is 6.08 Å². The Morgan fingerprint density at radius 1 is 0.696 bits per heavy atom. The van der Waals surface area contributed by atoms with Crippen molar-refractivity contribution in [3.05, 3.63) is 99.8 Å². The molecule has 0 radical (unpaired) electrons. The van der Waals surface area contributed by atoms with E-state index in [4.69, 9.17) is 0 Å². The topological polar surface area (TPSA) is 0 Å². The normalized spacial score (nSPS) is 12.2. The molecule has 0 aliphatic rings. The van der Waals surface area contributed by atoms with E-state index in [1.165, 1.54) is 19.1 Å². The molecule has 0 atom stereocenters. The summed E-state index contributed by atoms with van der Waals surface area (Å²) < 4.78 is 1.44. The smallest absolute Gasteiger partial charge is 0.0624 e. The van der Waals surface area contributed by atoms with Crippen molar-refractivity contribution >= 4 is 47.1 Å². The highest BCUT2D eigenvalue weighted by molar-refractivity contribution is 14.1. The highest BCUT2D eigenvalue weighted by Gasteiger charge is 2.34. The third kappa shape index (κ3) is 3.48. The van der Waals surface area contributed by atoms with Gasteiger partial charge in [-0.15, -0.1) is 0 Å². The average Bonchev–Trinajstić information content (AvgIpc) is 2.63. The zero-order valence-electron chi connectivity index (χ0n) is 13.1. The second kappa shape index (κ2) is 7.28. The summed E-state index contributed by atoms with van der Waals surface area (Å²) in [7, 11) is -1.94. The van der Waals surface area contributed by atoms with Gasteiger partial charge in [-0.1, -0.05) is 120 Å². The van der Waals surface area contributed by atoms with Gasteiger partial charge in [0.2, 0.25) is 0 Å². The molecule has 3 aromatic rings. The lowest BCUT2D eigenvalue weighted by Gasteiger charge is -2.29. The lowest BCUT2D eigenvalue weighted by Crippen LogP contribution is -2.56. The number of benzene rings is 3. The van der Waals surface area contributed by atoms with E-state index in [2.05, 4.69) is 126 Å². The van der Waals surface area contributed by atoms with E-state index >= 15 is 0 Å². The van der Waals surface area contributed by atoms with Crippen LogP contribution < -0.4 is 10.4 Å². The highest BCUT2D eigenvalue weighted by atomic mass is 127. The van der Waals surface area contributed by atoms with Crippen LogP contribution in [0, 0.1) is 0 Å². The van der Waals surface area contributed by atoms with Gasteiger partial charge in [0, 0.05) is 0 Å². The predicted molar refractivity (Wildman–Crippen MR) is 112 cm³/mol. The minimum atomic E-state index is -1.94. The Kier molecular flexibility index (Phi) is 5.13. The Bertz CT molecular complexity index is 740. The third-order valence-electron chi connectivity index (χ3n) is 4.27. The number of halogens is 1. The molecule has 3 rings (SSSR count). The summed E-state index contributed by atoms with van der Waals surface area (Å²) in [4.78, 5) is 0. The summed E-state index contributed by atoms with van der Waals surface area (Å²) in [5.41, 5.74) is 1.27. The van der Waals surface area contributed by atoms with Gasteiger partial charge < -0.3 is 0 Å². The molecule has 0 saturated carbocycles. The SMILES string of the molecule is C[Si](/C(I)=C\c1ccccc1)(c1ccccc1)c1ccccc1. The molecule has 3 aromatic carbocycles. The molecule has 114 valence electrons. The minimum absolute atomic E-state index is 1.27. The number of rotatable bonds is 4. The molecule has 0 spiro atoms. The predicted octanol–water partition coefficient (Wildman–Crippen LogP) is 4.89. The van der Waals surface area contributed by atoms with Crippen molar-refractivity contribution in [1.82, 2.24) is 0 Å². The molecule has 0 N–H and O–H groups in total. The van der Waals surface area contributed by atoms with Gasteiger partial charge in [0.1, 0.15) is 0 Å². The van der Waals surface area contributed by atoms with Gasteiger partial charge in [0.05, 0.1) is 0 Å². The van der Waals surface area contributed by atoms with Gasteiger partial charge in [0.15, 0.2) is 8.07 Å². The first kappa shape index (κ1) is 16.2. The molecule has 0 saturated heterocycles. The Hall–Kier alpha value is -1.65. The van der Waals surface area contributed by atoms with E-state index in [9.17, 15) is 0 Å². The standard InChI is InChI=1S/C21H19ISi/c1-23(19-13-7-3-8-14-19,20-15-9-4-10-16-20)21(22)17-18-11-5-2-6-12-18/h2-17H,1H3/b21-17-. The molecule has 0 nitrogen and oxygen atoms in total. The summed E-state index contributed by atoms with van der Waals surface area (Å²) in [5.74, 6) is 0. The molecule has 23 heavy (non-hydrogen) atoms. The van der Waals surface area contributed by atoms with Crippen LogP contribution in [0.2, 0.25) is 6.55 Å². The van der Waals surface area contributed by atoms with E-state index in [0.29, 0.717) is 0 Å². The van der Waals surface area contributed by atoms with Gasteiger partial charge in [-0.3, -0.25) is 0 Å². The Balaban J connectivity index is 2.15. The fourth-order valence-corrected chi connectivity index (χ4v) is 8.11. The molecule has 0 bridgehead atoms. The van der Waals surface area contributed by atoms with E-state index in [1.54, 1.807) is 0 Å². The first-order chi connectivity index (χ1) is 11.2. The lowest BCUT2D eigenvalue weighted by atomic mass is 10.2. The van der Waals surface area contributed by atoms with Crippen LogP contribution in [0.1, 0.15) is 5.56 Å². The maximum Gasteiger partial charge on any atom is 0.152 e. The zero-order chi connectivity index (χ0) is 16.1. The summed E-state index contributed by atoms with van der Waals surface area (Å²) in [6, 6.07) is 32.5. The van der Waals surface area contributed by atoms with Gasteiger partial charge >= 0.3 is 0 Å². The van der Waals surface area contributed by atoms with Gasteiger partial charge in [-0.05, 0) is 25.2 Å². The molecule has 0 unspecified atom stereocenters. The summed E-state index contributed by atoms with van der Waals surface area (Å²) in [6.07, 6.45) is 2.34. The fraction of sp³-hybridized carbons (Fsp3) is 0.0476. The molecule has 0 aliphatic heterocycles. The molecule has 0 fully saturated rings. The van der Waals surface area contributed by atoms with Crippen LogP contribution in [0.5, 0.6) is 0 Å². The van der Waals surface area contributed by atoms with Crippen LogP contribution in [-0.2, 0) is 0 Å². The molecular formula is C21H19ISi.